The number of hydrogen-bond acceptors (Lipinski definition) is 4. The second-order valence-corrected chi connectivity index (χ2v) is 6.89. The summed E-state index contributed by atoms with van der Waals surface area (Å²) in [5.74, 6) is 0.978. The van der Waals surface area contributed by atoms with Crippen LogP contribution in [0.2, 0.25) is 0 Å². The average Bonchev–Trinajstić information content (AvgIpc) is 2.99. The lowest BCUT2D eigenvalue weighted by atomic mass is 10.1. The minimum Gasteiger partial charge on any atom is -0.398 e. The van der Waals surface area contributed by atoms with Crippen molar-refractivity contribution in [3.63, 3.8) is 0 Å². The lowest BCUT2D eigenvalue weighted by Gasteiger charge is -2.19. The summed E-state index contributed by atoms with van der Waals surface area (Å²) in [7, 11) is 0. The van der Waals surface area contributed by atoms with Gasteiger partial charge in [-0.3, -0.25) is 0 Å². The summed E-state index contributed by atoms with van der Waals surface area (Å²) in [5, 5.41) is 9.91. The maximum absolute atomic E-state index is 8.91. The molecule has 5 heteroatoms. The number of fused-ring (bicyclic) bond motifs is 2. The van der Waals surface area contributed by atoms with Crippen molar-refractivity contribution in [1.29, 1.82) is 5.26 Å². The van der Waals surface area contributed by atoms with Crippen molar-refractivity contribution in [2.45, 2.75) is 13.0 Å². The number of anilines is 2. The normalized spacial score (nSPS) is 13.1. The highest BCUT2D eigenvalue weighted by Gasteiger charge is 2.24. The van der Waals surface area contributed by atoms with Crippen LogP contribution in [0.15, 0.2) is 46.9 Å². The first-order chi connectivity index (χ1) is 11.7. The topological polar surface area (TPSA) is 65.9 Å². The van der Waals surface area contributed by atoms with E-state index in [0.29, 0.717) is 5.56 Å². The van der Waals surface area contributed by atoms with Crippen molar-refractivity contribution in [3.05, 3.63) is 63.6 Å². The maximum atomic E-state index is 8.91. The van der Waals surface area contributed by atoms with E-state index < -0.39 is 0 Å². The molecule has 0 atom stereocenters. The molecule has 4 nitrogen and oxygen atoms in total. The molecule has 0 unspecified atom stereocenters. The second kappa shape index (κ2) is 5.81. The van der Waals surface area contributed by atoms with Crippen molar-refractivity contribution >= 4 is 38.3 Å². The Balaban J connectivity index is 1.71. The van der Waals surface area contributed by atoms with Crippen LogP contribution >= 0.6 is 15.9 Å². The van der Waals surface area contributed by atoms with Gasteiger partial charge in [0.2, 0.25) is 0 Å². The third kappa shape index (κ3) is 2.49. The van der Waals surface area contributed by atoms with Gasteiger partial charge in [-0.25, -0.2) is 4.98 Å². The molecule has 1 aromatic heterocycles. The molecule has 2 aromatic carbocycles. The molecule has 24 heavy (non-hydrogen) atoms. The first-order valence-corrected chi connectivity index (χ1v) is 8.56. The van der Waals surface area contributed by atoms with Crippen LogP contribution in [0.25, 0.3) is 10.9 Å². The van der Waals surface area contributed by atoms with E-state index in [9.17, 15) is 0 Å². The van der Waals surface area contributed by atoms with Crippen LogP contribution in [0.3, 0.4) is 0 Å². The number of pyridine rings is 1. The third-order valence-electron chi connectivity index (χ3n) is 4.46. The van der Waals surface area contributed by atoms with Crippen LogP contribution in [0.1, 0.15) is 16.7 Å². The van der Waals surface area contributed by atoms with Gasteiger partial charge in [0.25, 0.3) is 0 Å². The van der Waals surface area contributed by atoms with Gasteiger partial charge in [-0.15, -0.1) is 0 Å². The second-order valence-electron chi connectivity index (χ2n) is 5.97. The molecule has 0 aliphatic carbocycles. The molecule has 0 saturated carbocycles. The summed E-state index contributed by atoms with van der Waals surface area (Å²) >= 11 is 3.50. The number of nitrogen functional groups attached to an aromatic ring is 1. The van der Waals surface area contributed by atoms with Gasteiger partial charge in [0.05, 0.1) is 17.1 Å². The van der Waals surface area contributed by atoms with E-state index >= 15 is 0 Å². The molecule has 0 saturated heterocycles. The Labute approximate surface area is 148 Å². The Kier molecular flexibility index (Phi) is 3.62. The van der Waals surface area contributed by atoms with Gasteiger partial charge in [-0.05, 0) is 42.3 Å². The third-order valence-corrected chi connectivity index (χ3v) is 4.95. The fourth-order valence-corrected chi connectivity index (χ4v) is 3.57. The highest BCUT2D eigenvalue weighted by Crippen LogP contribution is 2.37. The predicted octanol–water partition coefficient (Wildman–Crippen LogP) is 4.01. The van der Waals surface area contributed by atoms with E-state index in [4.69, 9.17) is 16.0 Å². The number of nitrogens with two attached hydrogens (primary N) is 1. The monoisotopic (exact) mass is 378 g/mol. The highest BCUT2D eigenvalue weighted by atomic mass is 79.9. The predicted molar refractivity (Wildman–Crippen MR) is 99.8 cm³/mol. The molecule has 2 N–H and O–H groups in total. The first kappa shape index (κ1) is 15.0. The summed E-state index contributed by atoms with van der Waals surface area (Å²) in [6.07, 6.45) is 0.910. The minimum atomic E-state index is 0.680. The van der Waals surface area contributed by atoms with E-state index in [1.54, 1.807) is 0 Å². The molecule has 118 valence electrons. The van der Waals surface area contributed by atoms with Gasteiger partial charge in [0.15, 0.2) is 0 Å². The summed E-state index contributed by atoms with van der Waals surface area (Å²) in [5.41, 5.74) is 11.1. The van der Waals surface area contributed by atoms with Gasteiger partial charge >= 0.3 is 0 Å². The van der Waals surface area contributed by atoms with Gasteiger partial charge in [-0.1, -0.05) is 28.1 Å². The van der Waals surface area contributed by atoms with Gasteiger partial charge in [0.1, 0.15) is 5.82 Å². The molecule has 2 heterocycles. The summed E-state index contributed by atoms with van der Waals surface area (Å²) in [6.45, 7) is 1.68. The number of nitriles is 1. The summed E-state index contributed by atoms with van der Waals surface area (Å²) in [4.78, 5) is 7.10. The smallest absolute Gasteiger partial charge is 0.134 e. The Morgan fingerprint density at radius 1 is 1.21 bits per heavy atom. The molecule has 0 fully saturated rings. The van der Waals surface area contributed by atoms with Crippen LogP contribution in [-0.4, -0.2) is 11.5 Å². The number of halogens is 1. The van der Waals surface area contributed by atoms with Crippen LogP contribution < -0.4 is 10.6 Å². The van der Waals surface area contributed by atoms with Crippen LogP contribution in [0.5, 0.6) is 0 Å². The zero-order valence-corrected chi connectivity index (χ0v) is 14.5. The SMILES string of the molecule is N#Cc1ccc(CN2CCc3c2nc2ccc(Br)cc2c3N)cc1. The molecule has 0 radical (unpaired) electrons. The van der Waals surface area contributed by atoms with Crippen molar-refractivity contribution in [2.24, 2.45) is 0 Å². The van der Waals surface area contributed by atoms with E-state index in [-0.39, 0.29) is 0 Å². The number of nitrogens with zero attached hydrogens (tertiary/aromatic N) is 3. The summed E-state index contributed by atoms with van der Waals surface area (Å²) < 4.78 is 1.01. The lowest BCUT2D eigenvalue weighted by Crippen LogP contribution is -2.20. The molecule has 3 aromatic rings. The molecule has 0 bridgehead atoms. The van der Waals surface area contributed by atoms with Crippen LogP contribution in [-0.2, 0) is 13.0 Å². The quantitative estimate of drug-likeness (QED) is 0.731. The van der Waals surface area contributed by atoms with E-state index in [1.807, 2.05) is 42.5 Å². The van der Waals surface area contributed by atoms with E-state index in [1.165, 1.54) is 0 Å². The first-order valence-electron chi connectivity index (χ1n) is 7.77. The zero-order chi connectivity index (χ0) is 16.7. The maximum Gasteiger partial charge on any atom is 0.134 e. The Morgan fingerprint density at radius 3 is 2.75 bits per heavy atom. The molecule has 1 aliphatic rings. The largest absolute Gasteiger partial charge is 0.398 e. The molecular formula is C19H15BrN4. The molecule has 0 amide bonds. The van der Waals surface area contributed by atoms with Crippen molar-refractivity contribution in [1.82, 2.24) is 4.98 Å². The molecule has 4 rings (SSSR count). The summed E-state index contributed by atoms with van der Waals surface area (Å²) in [6, 6.07) is 15.9. The van der Waals surface area contributed by atoms with Crippen molar-refractivity contribution in [2.75, 3.05) is 17.2 Å². The van der Waals surface area contributed by atoms with Crippen LogP contribution in [0.4, 0.5) is 11.5 Å². The van der Waals surface area contributed by atoms with Crippen molar-refractivity contribution < 1.29 is 0 Å². The van der Waals surface area contributed by atoms with E-state index in [2.05, 4.69) is 26.9 Å². The minimum absolute atomic E-state index is 0.680. The molecular weight excluding hydrogens is 364 g/mol. The molecule has 1 aliphatic heterocycles. The molecule has 0 spiro atoms. The number of rotatable bonds is 2. The zero-order valence-electron chi connectivity index (χ0n) is 13.0. The number of benzene rings is 2. The van der Waals surface area contributed by atoms with E-state index in [0.717, 1.165) is 57.5 Å². The Bertz CT molecular complexity index is 973. The van der Waals surface area contributed by atoms with Gasteiger partial charge in [0, 0.05) is 34.2 Å². The fraction of sp³-hybridized carbons (Fsp3) is 0.158. The van der Waals surface area contributed by atoms with Crippen LogP contribution in [0, 0.1) is 11.3 Å². The number of hydrogen-bond donors (Lipinski definition) is 1. The lowest BCUT2D eigenvalue weighted by molar-refractivity contribution is 0.827. The van der Waals surface area contributed by atoms with Gasteiger partial charge in [-0.2, -0.15) is 5.26 Å². The fourth-order valence-electron chi connectivity index (χ4n) is 3.21. The Hall–Kier alpha value is -2.58. The van der Waals surface area contributed by atoms with Crippen molar-refractivity contribution in [3.8, 4) is 6.07 Å². The number of aromatic nitrogens is 1. The highest BCUT2D eigenvalue weighted by molar-refractivity contribution is 9.10. The standard InChI is InChI=1S/C19H15BrN4/c20-14-5-6-17-16(9-14)18(22)15-7-8-24(19(15)23-17)11-13-3-1-12(10-21)2-4-13/h1-6,9H,7-8,11H2,(H2,22,23). The Morgan fingerprint density at radius 2 is 2.00 bits per heavy atom. The average molecular weight is 379 g/mol. The van der Waals surface area contributed by atoms with Gasteiger partial charge < -0.3 is 10.6 Å².